The summed E-state index contributed by atoms with van der Waals surface area (Å²) in [7, 11) is 0. The van der Waals surface area contributed by atoms with Crippen LogP contribution in [-0.4, -0.2) is 22.6 Å². The zero-order valence-corrected chi connectivity index (χ0v) is 13.3. The second kappa shape index (κ2) is 7.71. The smallest absolute Gasteiger partial charge is 0.280 e. The average Bonchev–Trinajstić information content (AvgIpc) is 2.54. The van der Waals surface area contributed by atoms with Crippen molar-refractivity contribution in [2.75, 3.05) is 0 Å². The molecule has 0 saturated heterocycles. The van der Waals surface area contributed by atoms with Gasteiger partial charge in [0.1, 0.15) is 5.75 Å². The molecule has 0 bridgehead atoms. The maximum absolute atomic E-state index is 12.0. The van der Waals surface area contributed by atoms with Crippen molar-refractivity contribution in [2.45, 2.75) is 45.6 Å². The first-order valence-electron chi connectivity index (χ1n) is 7.72. The van der Waals surface area contributed by atoms with Crippen LogP contribution in [0, 0.1) is 16.0 Å². The molecule has 124 valence electrons. The first-order valence-corrected chi connectivity index (χ1v) is 7.72. The lowest BCUT2D eigenvalue weighted by atomic mass is 9.90. The Kier molecular flexibility index (Phi) is 5.67. The Morgan fingerprint density at radius 1 is 1.35 bits per heavy atom. The number of nitrogens with zero attached hydrogens (tertiary/aromatic N) is 2. The summed E-state index contributed by atoms with van der Waals surface area (Å²) >= 11 is 0. The molecule has 0 heterocycles. The van der Waals surface area contributed by atoms with Crippen molar-refractivity contribution < 1.29 is 14.5 Å². The Balaban J connectivity index is 1.85. The molecule has 1 aliphatic carbocycles. The summed E-state index contributed by atoms with van der Waals surface area (Å²) in [4.78, 5) is 22.1. The van der Waals surface area contributed by atoms with E-state index in [-0.39, 0.29) is 11.6 Å². The predicted molar refractivity (Wildman–Crippen MR) is 86.4 cm³/mol. The van der Waals surface area contributed by atoms with Gasteiger partial charge in [0.05, 0.1) is 4.92 Å². The lowest BCUT2D eigenvalue weighted by Crippen LogP contribution is -2.34. The van der Waals surface area contributed by atoms with Crippen LogP contribution in [0.2, 0.25) is 0 Å². The number of nitrogens with one attached hydrogen (secondary N) is 1. The Labute approximate surface area is 134 Å². The van der Waals surface area contributed by atoms with E-state index in [1.54, 1.807) is 6.92 Å². The van der Waals surface area contributed by atoms with Crippen molar-refractivity contribution in [3.8, 4) is 5.75 Å². The highest BCUT2D eigenvalue weighted by Crippen LogP contribution is 2.21. The molecule has 0 aromatic heterocycles. The van der Waals surface area contributed by atoms with E-state index in [4.69, 9.17) is 4.74 Å². The molecule has 1 N–H and O–H groups in total. The van der Waals surface area contributed by atoms with Gasteiger partial charge in [0.2, 0.25) is 0 Å². The van der Waals surface area contributed by atoms with Crippen LogP contribution in [0.1, 0.15) is 39.5 Å². The molecule has 0 radical (unpaired) electrons. The van der Waals surface area contributed by atoms with Gasteiger partial charge in [0.25, 0.3) is 11.6 Å². The van der Waals surface area contributed by atoms with Crippen LogP contribution in [0.15, 0.2) is 29.4 Å². The van der Waals surface area contributed by atoms with E-state index in [0.29, 0.717) is 11.7 Å². The zero-order valence-electron chi connectivity index (χ0n) is 13.3. The number of rotatable bonds is 5. The van der Waals surface area contributed by atoms with E-state index in [0.717, 1.165) is 31.4 Å². The molecule has 1 aromatic rings. The number of hydrogen-bond acceptors (Lipinski definition) is 5. The minimum Gasteiger partial charge on any atom is -0.481 e. The van der Waals surface area contributed by atoms with Gasteiger partial charge in [0, 0.05) is 17.8 Å². The topological polar surface area (TPSA) is 93.8 Å². The average molecular weight is 319 g/mol. The lowest BCUT2D eigenvalue weighted by Gasteiger charge is -2.19. The van der Waals surface area contributed by atoms with Crippen molar-refractivity contribution in [1.82, 2.24) is 5.43 Å². The summed E-state index contributed by atoms with van der Waals surface area (Å²) in [5.74, 6) is 0.779. The molecule has 1 aromatic carbocycles. The standard InChI is InChI=1S/C16H21N3O4/c1-11-3-5-13(6-4-11)17-18-16(20)12(2)23-15-9-7-14(8-10-15)19(21)22/h7-12H,3-6H2,1-2H3,(H,18,20)/t11?,12-/m1/s1. The first-order chi connectivity index (χ1) is 11.0. The van der Waals surface area contributed by atoms with E-state index in [1.807, 2.05) is 0 Å². The van der Waals surface area contributed by atoms with Gasteiger partial charge in [-0.3, -0.25) is 14.9 Å². The summed E-state index contributed by atoms with van der Waals surface area (Å²) in [6.45, 7) is 3.83. The number of nitro groups is 1. The Morgan fingerprint density at radius 2 is 1.96 bits per heavy atom. The second-order valence-corrected chi connectivity index (χ2v) is 5.85. The van der Waals surface area contributed by atoms with Crippen LogP contribution in [0.3, 0.4) is 0 Å². The van der Waals surface area contributed by atoms with Crippen LogP contribution in [0.5, 0.6) is 5.75 Å². The largest absolute Gasteiger partial charge is 0.481 e. The molecule has 1 atom stereocenters. The third-order valence-electron chi connectivity index (χ3n) is 3.91. The Morgan fingerprint density at radius 3 is 2.52 bits per heavy atom. The number of benzene rings is 1. The third kappa shape index (κ3) is 5.05. The molecular weight excluding hydrogens is 298 g/mol. The highest BCUT2D eigenvalue weighted by molar-refractivity contribution is 5.87. The fraction of sp³-hybridized carbons (Fsp3) is 0.500. The van der Waals surface area contributed by atoms with Crippen molar-refractivity contribution in [2.24, 2.45) is 11.0 Å². The number of carbonyl (C=O) groups is 1. The van der Waals surface area contributed by atoms with Crippen molar-refractivity contribution in [3.63, 3.8) is 0 Å². The van der Waals surface area contributed by atoms with Crippen LogP contribution in [-0.2, 0) is 4.79 Å². The molecule has 7 nitrogen and oxygen atoms in total. The third-order valence-corrected chi connectivity index (χ3v) is 3.91. The molecule has 1 fully saturated rings. The molecule has 0 spiro atoms. The highest BCUT2D eigenvalue weighted by Gasteiger charge is 2.17. The Bertz CT molecular complexity index is 588. The number of hydrogen-bond donors (Lipinski definition) is 1. The minimum atomic E-state index is -0.733. The Hall–Kier alpha value is -2.44. The van der Waals surface area contributed by atoms with Gasteiger partial charge < -0.3 is 4.74 Å². The van der Waals surface area contributed by atoms with Gasteiger partial charge in [-0.15, -0.1) is 0 Å². The molecule has 2 rings (SSSR count). The molecule has 1 amide bonds. The highest BCUT2D eigenvalue weighted by atomic mass is 16.6. The maximum Gasteiger partial charge on any atom is 0.280 e. The van der Waals surface area contributed by atoms with Gasteiger partial charge >= 0.3 is 0 Å². The summed E-state index contributed by atoms with van der Waals surface area (Å²) in [5.41, 5.74) is 3.52. The molecule has 1 saturated carbocycles. The van der Waals surface area contributed by atoms with Crippen LogP contribution < -0.4 is 10.2 Å². The quantitative estimate of drug-likeness (QED) is 0.666. The fourth-order valence-corrected chi connectivity index (χ4v) is 2.34. The van der Waals surface area contributed by atoms with Gasteiger partial charge in [-0.25, -0.2) is 5.43 Å². The zero-order chi connectivity index (χ0) is 16.8. The minimum absolute atomic E-state index is 0.0209. The van der Waals surface area contributed by atoms with E-state index >= 15 is 0 Å². The molecular formula is C16H21N3O4. The number of amides is 1. The fourth-order valence-electron chi connectivity index (χ4n) is 2.34. The molecule has 1 aliphatic rings. The maximum atomic E-state index is 12.0. The van der Waals surface area contributed by atoms with E-state index in [1.165, 1.54) is 24.3 Å². The van der Waals surface area contributed by atoms with Crippen molar-refractivity contribution >= 4 is 17.3 Å². The van der Waals surface area contributed by atoms with E-state index in [2.05, 4.69) is 17.5 Å². The number of nitro benzene ring substituents is 1. The summed E-state index contributed by atoms with van der Waals surface area (Å²) in [6, 6.07) is 5.61. The van der Waals surface area contributed by atoms with Gasteiger partial charge in [-0.2, -0.15) is 5.10 Å². The molecule has 0 aliphatic heterocycles. The van der Waals surface area contributed by atoms with Crippen molar-refractivity contribution in [1.29, 1.82) is 0 Å². The summed E-state index contributed by atoms with van der Waals surface area (Å²) in [6.07, 6.45) is 3.30. The van der Waals surface area contributed by atoms with Crippen molar-refractivity contribution in [3.05, 3.63) is 34.4 Å². The number of ether oxygens (including phenoxy) is 1. The monoisotopic (exact) mass is 319 g/mol. The van der Waals surface area contributed by atoms with E-state index in [9.17, 15) is 14.9 Å². The van der Waals surface area contributed by atoms with Gasteiger partial charge in [-0.1, -0.05) is 6.92 Å². The number of carbonyl (C=O) groups excluding carboxylic acids is 1. The lowest BCUT2D eigenvalue weighted by molar-refractivity contribution is -0.384. The SMILES string of the molecule is CC1CCC(=NNC(=O)[C@@H](C)Oc2ccc([N+](=O)[O-])cc2)CC1. The summed E-state index contributed by atoms with van der Waals surface area (Å²) in [5, 5.41) is 14.7. The second-order valence-electron chi connectivity index (χ2n) is 5.85. The van der Waals surface area contributed by atoms with Crippen LogP contribution in [0.25, 0.3) is 0 Å². The van der Waals surface area contributed by atoms with Gasteiger partial charge in [-0.05, 0) is 50.7 Å². The molecule has 0 unspecified atom stereocenters. The predicted octanol–water partition coefficient (Wildman–Crippen LogP) is 3.04. The van der Waals surface area contributed by atoms with E-state index < -0.39 is 11.0 Å². The van der Waals surface area contributed by atoms with Crippen LogP contribution in [0.4, 0.5) is 5.69 Å². The van der Waals surface area contributed by atoms with Crippen LogP contribution >= 0.6 is 0 Å². The van der Waals surface area contributed by atoms with Gasteiger partial charge in [0.15, 0.2) is 6.10 Å². The molecule has 23 heavy (non-hydrogen) atoms. The summed E-state index contributed by atoms with van der Waals surface area (Å²) < 4.78 is 5.46. The first kappa shape index (κ1) is 16.9. The normalized spacial score (nSPS) is 18.9. The molecule has 7 heteroatoms. The number of non-ortho nitro benzene ring substituents is 1. The number of hydrazone groups is 1.